The highest BCUT2D eigenvalue weighted by Crippen LogP contribution is 2.71. The van der Waals surface area contributed by atoms with E-state index in [1.54, 1.807) is 0 Å². The van der Waals surface area contributed by atoms with Gasteiger partial charge in [-0.25, -0.2) is 0 Å². The van der Waals surface area contributed by atoms with Gasteiger partial charge >= 0.3 is 0 Å². The molecular formula is C12H22O. The van der Waals surface area contributed by atoms with E-state index in [1.165, 1.54) is 19.3 Å². The summed E-state index contributed by atoms with van der Waals surface area (Å²) >= 11 is 0. The van der Waals surface area contributed by atoms with E-state index in [9.17, 15) is 0 Å². The van der Waals surface area contributed by atoms with Crippen molar-refractivity contribution in [2.24, 2.45) is 16.2 Å². The minimum Gasteiger partial charge on any atom is -0.381 e. The minimum absolute atomic E-state index is 0.542. The highest BCUT2D eigenvalue weighted by molar-refractivity contribution is 5.13. The van der Waals surface area contributed by atoms with Crippen molar-refractivity contribution in [3.63, 3.8) is 0 Å². The van der Waals surface area contributed by atoms with Crippen LogP contribution in [0, 0.1) is 16.2 Å². The Morgan fingerprint density at radius 1 is 0.846 bits per heavy atom. The molecule has 2 rings (SSSR count). The maximum atomic E-state index is 5.49. The Morgan fingerprint density at radius 3 is 1.62 bits per heavy atom. The second-order valence-electron chi connectivity index (χ2n) is 6.14. The summed E-state index contributed by atoms with van der Waals surface area (Å²) in [4.78, 5) is 0. The maximum absolute atomic E-state index is 5.49. The van der Waals surface area contributed by atoms with Crippen molar-refractivity contribution in [3.05, 3.63) is 0 Å². The van der Waals surface area contributed by atoms with Crippen LogP contribution in [0.5, 0.6) is 0 Å². The molecule has 0 bridgehead atoms. The third-order valence-corrected chi connectivity index (χ3v) is 4.82. The molecule has 0 atom stereocenters. The van der Waals surface area contributed by atoms with Crippen molar-refractivity contribution in [1.82, 2.24) is 0 Å². The van der Waals surface area contributed by atoms with Crippen LogP contribution in [-0.2, 0) is 4.74 Å². The Labute approximate surface area is 81.9 Å². The first-order valence-corrected chi connectivity index (χ1v) is 5.49. The van der Waals surface area contributed by atoms with E-state index in [1.807, 2.05) is 0 Å². The molecule has 2 fully saturated rings. The average molecular weight is 182 g/mol. The lowest BCUT2D eigenvalue weighted by atomic mass is 9.36. The van der Waals surface area contributed by atoms with Gasteiger partial charge in [-0.1, -0.05) is 27.7 Å². The van der Waals surface area contributed by atoms with Crippen LogP contribution in [0.25, 0.3) is 0 Å². The SMILES string of the molecule is CC1(C)CC(C)(C)C12CCOCC2. The van der Waals surface area contributed by atoms with Gasteiger partial charge in [-0.2, -0.15) is 0 Å². The first-order valence-electron chi connectivity index (χ1n) is 5.49. The van der Waals surface area contributed by atoms with Crippen LogP contribution >= 0.6 is 0 Å². The van der Waals surface area contributed by atoms with E-state index >= 15 is 0 Å². The lowest BCUT2D eigenvalue weighted by Crippen LogP contribution is -2.62. The quantitative estimate of drug-likeness (QED) is 0.559. The monoisotopic (exact) mass is 182 g/mol. The van der Waals surface area contributed by atoms with E-state index < -0.39 is 0 Å². The average Bonchev–Trinajstić information content (AvgIpc) is 2.03. The van der Waals surface area contributed by atoms with Gasteiger partial charge < -0.3 is 4.74 Å². The molecule has 13 heavy (non-hydrogen) atoms. The van der Waals surface area contributed by atoms with E-state index in [0.717, 1.165) is 13.2 Å². The number of ether oxygens (including phenoxy) is 1. The Kier molecular flexibility index (Phi) is 1.83. The van der Waals surface area contributed by atoms with Gasteiger partial charge in [0.25, 0.3) is 0 Å². The summed E-state index contributed by atoms with van der Waals surface area (Å²) in [5.74, 6) is 0. The topological polar surface area (TPSA) is 9.23 Å². The summed E-state index contributed by atoms with van der Waals surface area (Å²) < 4.78 is 5.49. The Hall–Kier alpha value is -0.0400. The lowest BCUT2D eigenvalue weighted by Gasteiger charge is -2.69. The summed E-state index contributed by atoms with van der Waals surface area (Å²) in [7, 11) is 0. The van der Waals surface area contributed by atoms with Gasteiger partial charge in [0.1, 0.15) is 0 Å². The normalized spacial score (nSPS) is 34.2. The molecule has 0 amide bonds. The molecule has 1 nitrogen and oxygen atoms in total. The van der Waals surface area contributed by atoms with Gasteiger partial charge in [0, 0.05) is 13.2 Å². The Balaban J connectivity index is 2.26. The number of hydrogen-bond donors (Lipinski definition) is 0. The predicted octanol–water partition coefficient (Wildman–Crippen LogP) is 3.24. The zero-order valence-corrected chi connectivity index (χ0v) is 9.44. The summed E-state index contributed by atoms with van der Waals surface area (Å²) in [5, 5.41) is 0. The van der Waals surface area contributed by atoms with Gasteiger partial charge in [-0.3, -0.25) is 0 Å². The standard InChI is InChI=1S/C12H22O/c1-10(2)9-11(3,4)12(10)5-7-13-8-6-12/h5-9H2,1-4H3. The molecule has 1 heteroatoms. The Morgan fingerprint density at radius 2 is 1.31 bits per heavy atom. The van der Waals surface area contributed by atoms with Crippen LogP contribution in [0.4, 0.5) is 0 Å². The van der Waals surface area contributed by atoms with E-state index in [4.69, 9.17) is 4.74 Å². The third-order valence-electron chi connectivity index (χ3n) is 4.82. The molecule has 1 heterocycles. The van der Waals surface area contributed by atoms with Crippen LogP contribution in [0.3, 0.4) is 0 Å². The highest BCUT2D eigenvalue weighted by Gasteiger charge is 2.64. The van der Waals surface area contributed by atoms with Crippen molar-refractivity contribution in [3.8, 4) is 0 Å². The van der Waals surface area contributed by atoms with Crippen LogP contribution in [0.1, 0.15) is 47.0 Å². The molecular weight excluding hydrogens is 160 g/mol. The van der Waals surface area contributed by atoms with Crippen LogP contribution in [0.15, 0.2) is 0 Å². The molecule has 1 saturated heterocycles. The van der Waals surface area contributed by atoms with Gasteiger partial charge in [-0.05, 0) is 35.5 Å². The fourth-order valence-corrected chi connectivity index (χ4v) is 4.33. The molecule has 1 spiro atoms. The van der Waals surface area contributed by atoms with Gasteiger partial charge in [0.05, 0.1) is 0 Å². The molecule has 2 aliphatic rings. The van der Waals surface area contributed by atoms with Gasteiger partial charge in [-0.15, -0.1) is 0 Å². The molecule has 0 aromatic carbocycles. The largest absolute Gasteiger partial charge is 0.381 e. The molecule has 1 aliphatic carbocycles. The van der Waals surface area contributed by atoms with E-state index in [0.29, 0.717) is 16.2 Å². The fraction of sp³-hybridized carbons (Fsp3) is 1.00. The van der Waals surface area contributed by atoms with Gasteiger partial charge in [0.15, 0.2) is 0 Å². The second-order valence-corrected chi connectivity index (χ2v) is 6.14. The second kappa shape index (κ2) is 2.50. The molecule has 0 aromatic rings. The summed E-state index contributed by atoms with van der Waals surface area (Å²) in [5.41, 5.74) is 1.65. The third kappa shape index (κ3) is 1.03. The van der Waals surface area contributed by atoms with Crippen LogP contribution in [-0.4, -0.2) is 13.2 Å². The first-order chi connectivity index (χ1) is 5.91. The summed E-state index contributed by atoms with van der Waals surface area (Å²) in [6.07, 6.45) is 3.92. The highest BCUT2D eigenvalue weighted by atomic mass is 16.5. The lowest BCUT2D eigenvalue weighted by molar-refractivity contribution is -0.224. The Bertz CT molecular complexity index is 193. The van der Waals surface area contributed by atoms with Crippen LogP contribution < -0.4 is 0 Å². The molecule has 0 N–H and O–H groups in total. The zero-order valence-electron chi connectivity index (χ0n) is 9.44. The number of hydrogen-bond acceptors (Lipinski definition) is 1. The predicted molar refractivity (Wildman–Crippen MR) is 54.7 cm³/mol. The van der Waals surface area contributed by atoms with Crippen molar-refractivity contribution in [1.29, 1.82) is 0 Å². The van der Waals surface area contributed by atoms with Crippen molar-refractivity contribution in [2.45, 2.75) is 47.0 Å². The molecule has 0 aromatic heterocycles. The number of rotatable bonds is 0. The smallest absolute Gasteiger partial charge is 0.0471 e. The maximum Gasteiger partial charge on any atom is 0.0471 e. The van der Waals surface area contributed by atoms with Crippen LogP contribution in [0.2, 0.25) is 0 Å². The molecule has 0 radical (unpaired) electrons. The fourth-order valence-electron chi connectivity index (χ4n) is 4.33. The van der Waals surface area contributed by atoms with E-state index in [-0.39, 0.29) is 0 Å². The van der Waals surface area contributed by atoms with Crippen molar-refractivity contribution < 1.29 is 4.74 Å². The summed E-state index contributed by atoms with van der Waals surface area (Å²) in [6.45, 7) is 11.7. The molecule has 1 saturated carbocycles. The van der Waals surface area contributed by atoms with Crippen molar-refractivity contribution in [2.75, 3.05) is 13.2 Å². The minimum atomic E-state index is 0.542. The van der Waals surface area contributed by atoms with Gasteiger partial charge in [0.2, 0.25) is 0 Å². The molecule has 0 unspecified atom stereocenters. The molecule has 76 valence electrons. The summed E-state index contributed by atoms with van der Waals surface area (Å²) in [6, 6.07) is 0. The zero-order chi connectivity index (χ0) is 9.74. The van der Waals surface area contributed by atoms with Crippen molar-refractivity contribution >= 4 is 0 Å². The van der Waals surface area contributed by atoms with E-state index in [2.05, 4.69) is 27.7 Å². The first kappa shape index (κ1) is 9.51. The molecule has 1 aliphatic heterocycles.